The minimum absolute atomic E-state index is 0.00956. The van der Waals surface area contributed by atoms with Crippen molar-refractivity contribution >= 4 is 70.8 Å². The average molecular weight is 1100 g/mol. The number of likely N-dealkylation sites (tertiary alicyclic amines) is 1. The number of carboxylic acid groups (broad SMARTS) is 1. The topological polar surface area (TPSA) is 543 Å². The van der Waals surface area contributed by atoms with E-state index in [1.807, 2.05) is 0 Å². The standard InChI is InChI=1S/C48H80N18O12/c49-17-3-1-11-29(54)40(70)65-38(36(67)25-53)45(75)62-31(16-20-52)41(71)59-26-37(68)60-32(13-6-19-51)46(76)66-22-8-15-35(66)44(74)64-34(24-27-9-5-10-28(23-27)39(55)69)43(73)61-30(12-2-4-18-50)42(72)63-33(47(77)78)14-7-21-58-48(56)57/h5,9-10,14,23,29-31,34-36,38,67H,1-4,6-8,11-13,15-22,24-26,49-54H2,(H2,55,69)(H,59,71)(H,61,73)(H,62,75)(H,63,72)(H,64,74)(H,65,70)(H,77,78)(H4,56,57,58)/b33-14-,60-32+/t29-,30-,31-,34-,35-,36-,38-/m0/s1. The third-order valence-electron chi connectivity index (χ3n) is 12.1. The van der Waals surface area contributed by atoms with E-state index in [-0.39, 0.29) is 101 Å². The van der Waals surface area contributed by atoms with Crippen molar-refractivity contribution in [1.82, 2.24) is 42.1 Å². The number of carboxylic acids is 1. The molecule has 78 heavy (non-hydrogen) atoms. The molecule has 26 N–H and O–H groups in total. The molecule has 1 fully saturated rings. The zero-order valence-electron chi connectivity index (χ0n) is 43.8. The number of nitrogens with one attached hydrogen (secondary N) is 8. The van der Waals surface area contributed by atoms with Gasteiger partial charge < -0.3 is 98.2 Å². The van der Waals surface area contributed by atoms with Gasteiger partial charge in [0.1, 0.15) is 41.6 Å². The van der Waals surface area contributed by atoms with Gasteiger partial charge in [-0.2, -0.15) is 0 Å². The first-order valence-corrected chi connectivity index (χ1v) is 25.7. The van der Waals surface area contributed by atoms with E-state index in [9.17, 15) is 58.2 Å². The predicted octanol–water partition coefficient (Wildman–Crippen LogP) is -6.71. The molecule has 0 aliphatic carbocycles. The van der Waals surface area contributed by atoms with Crippen molar-refractivity contribution in [3.63, 3.8) is 0 Å². The summed E-state index contributed by atoms with van der Waals surface area (Å²) in [7, 11) is 0. The number of hydrogen-bond acceptors (Lipinski definition) is 18. The molecule has 0 bridgehead atoms. The molecule has 1 saturated heterocycles. The number of nitrogens with two attached hydrogens (primary N) is 8. The van der Waals surface area contributed by atoms with Gasteiger partial charge in [-0.15, -0.1) is 0 Å². The van der Waals surface area contributed by atoms with Gasteiger partial charge in [-0.05, 0) is 115 Å². The van der Waals surface area contributed by atoms with Crippen LogP contribution in [0.3, 0.4) is 0 Å². The number of aliphatic hydroxyl groups excluding tert-OH is 1. The number of aliphatic hydroxyl groups is 1. The Labute approximate surface area is 451 Å². The lowest BCUT2D eigenvalue weighted by Crippen LogP contribution is -2.61. The number of rotatable bonds is 36. The van der Waals surface area contributed by atoms with Crippen molar-refractivity contribution in [2.45, 2.75) is 126 Å². The summed E-state index contributed by atoms with van der Waals surface area (Å²) in [5, 5.41) is 44.8. The van der Waals surface area contributed by atoms with Crippen LogP contribution in [0.25, 0.3) is 0 Å². The van der Waals surface area contributed by atoms with Crippen molar-refractivity contribution in [2.75, 3.05) is 52.4 Å². The van der Waals surface area contributed by atoms with Crippen LogP contribution in [0.4, 0.5) is 0 Å². The summed E-state index contributed by atoms with van der Waals surface area (Å²) in [6.45, 7) is -0.610. The Bertz CT molecular complexity index is 2300. The molecule has 2 rings (SSSR count). The van der Waals surface area contributed by atoms with Gasteiger partial charge in [0, 0.05) is 31.6 Å². The summed E-state index contributed by atoms with van der Waals surface area (Å²) >= 11 is 0. The third-order valence-corrected chi connectivity index (χ3v) is 12.1. The van der Waals surface area contributed by atoms with Crippen LogP contribution in [0.2, 0.25) is 0 Å². The summed E-state index contributed by atoms with van der Waals surface area (Å²) in [6.07, 6.45) is 1.73. The molecular formula is C48H80N18O12. The van der Waals surface area contributed by atoms with E-state index in [1.54, 1.807) is 6.07 Å². The number of benzene rings is 1. The summed E-state index contributed by atoms with van der Waals surface area (Å²) in [5.41, 5.74) is 44.6. The molecule has 30 heteroatoms. The van der Waals surface area contributed by atoms with Gasteiger partial charge in [0.15, 0.2) is 5.96 Å². The highest BCUT2D eigenvalue weighted by atomic mass is 16.4. The fraction of sp³-hybridized carbons (Fsp3) is 0.583. The minimum Gasteiger partial charge on any atom is -0.477 e. The summed E-state index contributed by atoms with van der Waals surface area (Å²) in [4.78, 5) is 139. The number of primary amides is 1. The van der Waals surface area contributed by atoms with E-state index in [2.05, 4.69) is 42.2 Å². The van der Waals surface area contributed by atoms with Crippen molar-refractivity contribution in [3.05, 3.63) is 47.2 Å². The zero-order valence-corrected chi connectivity index (χ0v) is 43.8. The lowest BCUT2D eigenvalue weighted by Gasteiger charge is -2.28. The number of carbonyl (C=O) groups is 10. The molecule has 0 aromatic heterocycles. The molecule has 1 aliphatic rings. The lowest BCUT2D eigenvalue weighted by molar-refractivity contribution is -0.137. The van der Waals surface area contributed by atoms with Gasteiger partial charge in [0.2, 0.25) is 41.4 Å². The number of aliphatic imine (C=N–C) groups is 1. The quantitative estimate of drug-likeness (QED) is 0.0129. The van der Waals surface area contributed by atoms with Crippen LogP contribution in [-0.2, 0) is 49.6 Å². The van der Waals surface area contributed by atoms with Crippen LogP contribution in [0.5, 0.6) is 0 Å². The monoisotopic (exact) mass is 1100 g/mol. The lowest BCUT2D eigenvalue weighted by atomic mass is 10.0. The van der Waals surface area contributed by atoms with Gasteiger partial charge in [-0.25, -0.2) is 9.79 Å². The molecule has 1 aromatic carbocycles. The number of nitrogens with zero attached hydrogens (tertiary/aromatic N) is 2. The van der Waals surface area contributed by atoms with Gasteiger partial charge in [-0.1, -0.05) is 24.6 Å². The normalized spacial score (nSPS) is 15.8. The summed E-state index contributed by atoms with van der Waals surface area (Å²) in [6, 6.07) is -2.23. The summed E-state index contributed by atoms with van der Waals surface area (Å²) < 4.78 is 0. The van der Waals surface area contributed by atoms with Crippen LogP contribution in [-0.4, -0.2) is 181 Å². The SMILES string of the molecule is N=C(N)NCC/C=C(\NC(=O)[C@H](CCCCN)NC(=O)[C@H](Cc1cccc(C(N)=O)c1)NC(=O)[C@@H]1CCCN1C(=O)/C(CCCN)=N/C(=O)CNC(=O)[C@H](CCN)NC(=O)[C@@H](NC(=O)[C@@H](N)CCCCN)[C@@H](O)CN)C(=O)O. The molecule has 434 valence electrons. The zero-order chi connectivity index (χ0) is 58.3. The van der Waals surface area contributed by atoms with Crippen LogP contribution in [0, 0.1) is 5.41 Å². The van der Waals surface area contributed by atoms with Crippen LogP contribution in [0.1, 0.15) is 93.0 Å². The van der Waals surface area contributed by atoms with Gasteiger partial charge in [-0.3, -0.25) is 48.6 Å². The first-order valence-electron chi connectivity index (χ1n) is 25.7. The van der Waals surface area contributed by atoms with Crippen LogP contribution < -0.4 is 83.1 Å². The Morgan fingerprint density at radius 3 is 2.03 bits per heavy atom. The van der Waals surface area contributed by atoms with Gasteiger partial charge in [0.25, 0.3) is 11.8 Å². The molecule has 7 atom stereocenters. The maximum atomic E-state index is 14.3. The second-order valence-corrected chi connectivity index (χ2v) is 18.3. The van der Waals surface area contributed by atoms with E-state index in [4.69, 9.17) is 51.3 Å². The maximum absolute atomic E-state index is 14.3. The third kappa shape index (κ3) is 23.4. The first kappa shape index (κ1) is 66.6. The molecule has 0 saturated carbocycles. The first-order chi connectivity index (χ1) is 37.1. The van der Waals surface area contributed by atoms with Gasteiger partial charge in [0.05, 0.1) is 18.7 Å². The van der Waals surface area contributed by atoms with E-state index < -0.39 is 120 Å². The van der Waals surface area contributed by atoms with Crippen molar-refractivity contribution in [1.29, 1.82) is 5.41 Å². The van der Waals surface area contributed by atoms with Crippen LogP contribution >= 0.6 is 0 Å². The highest BCUT2D eigenvalue weighted by Gasteiger charge is 2.39. The van der Waals surface area contributed by atoms with E-state index in [0.29, 0.717) is 44.2 Å². The molecule has 30 nitrogen and oxygen atoms in total. The Balaban J connectivity index is 2.39. The molecule has 1 aromatic rings. The maximum Gasteiger partial charge on any atom is 0.352 e. The Morgan fingerprint density at radius 1 is 0.756 bits per heavy atom. The second kappa shape index (κ2) is 35.8. The number of carbonyl (C=O) groups excluding carboxylic acids is 9. The molecule has 1 aliphatic heterocycles. The van der Waals surface area contributed by atoms with Crippen LogP contribution in [0.15, 0.2) is 41.0 Å². The number of guanidine groups is 1. The molecule has 0 unspecified atom stereocenters. The molecule has 0 spiro atoms. The largest absolute Gasteiger partial charge is 0.477 e. The Kier molecular flexibility index (Phi) is 30.6. The van der Waals surface area contributed by atoms with Crippen molar-refractivity contribution in [2.24, 2.45) is 50.9 Å². The number of amides is 9. The predicted molar refractivity (Wildman–Crippen MR) is 286 cm³/mol. The Hall–Kier alpha value is -7.48. The van der Waals surface area contributed by atoms with E-state index in [1.165, 1.54) is 29.2 Å². The Morgan fingerprint density at radius 2 is 1.41 bits per heavy atom. The number of aliphatic carboxylic acids is 1. The highest BCUT2D eigenvalue weighted by molar-refractivity contribution is 6.40. The summed E-state index contributed by atoms with van der Waals surface area (Å²) in [5.74, 6) is -9.76. The van der Waals surface area contributed by atoms with E-state index >= 15 is 0 Å². The van der Waals surface area contributed by atoms with Crippen molar-refractivity contribution in [3.8, 4) is 0 Å². The number of hydrogen-bond donors (Lipinski definition) is 18. The second-order valence-electron chi connectivity index (χ2n) is 18.3. The smallest absolute Gasteiger partial charge is 0.352 e. The van der Waals surface area contributed by atoms with E-state index in [0.717, 1.165) is 0 Å². The molecule has 0 radical (unpaired) electrons. The highest BCUT2D eigenvalue weighted by Crippen LogP contribution is 2.20. The molecule has 1 heterocycles. The molecule has 9 amide bonds. The van der Waals surface area contributed by atoms with Gasteiger partial charge >= 0.3 is 5.97 Å². The van der Waals surface area contributed by atoms with Crippen molar-refractivity contribution < 1.29 is 58.2 Å². The fourth-order valence-corrected chi connectivity index (χ4v) is 7.91. The molecular weight excluding hydrogens is 1020 g/mol. The minimum atomic E-state index is -1.63. The average Bonchev–Trinajstić information content (AvgIpc) is 3.91. The fourth-order valence-electron chi connectivity index (χ4n) is 7.91. The number of unbranched alkanes of at least 4 members (excludes halogenated alkanes) is 2.